The van der Waals surface area contributed by atoms with Crippen molar-refractivity contribution in [3.8, 4) is 0 Å². The van der Waals surface area contributed by atoms with Crippen molar-refractivity contribution >= 4 is 39.8 Å². The Morgan fingerprint density at radius 1 is 0.969 bits per heavy atom. The third-order valence-electron chi connectivity index (χ3n) is 13.7. The highest BCUT2D eigenvalue weighted by atomic mass is 32.2. The van der Waals surface area contributed by atoms with Crippen LogP contribution in [-0.4, -0.2) is 152 Å². The van der Waals surface area contributed by atoms with E-state index in [1.165, 1.54) is 26.0 Å². The molecular weight excluding hydrogens is 875 g/mol. The highest BCUT2D eigenvalue weighted by Gasteiger charge is 2.82. The molecule has 3 saturated heterocycles. The maximum Gasteiger partial charge on any atom is 0.348 e. The van der Waals surface area contributed by atoms with Crippen molar-refractivity contribution in [3.63, 3.8) is 0 Å². The highest BCUT2D eigenvalue weighted by molar-refractivity contribution is 7.85. The molecule has 0 spiro atoms. The van der Waals surface area contributed by atoms with Gasteiger partial charge in [0.05, 0.1) is 49.4 Å². The number of ketones is 1. The van der Waals surface area contributed by atoms with Crippen LogP contribution in [0.3, 0.4) is 0 Å². The van der Waals surface area contributed by atoms with Gasteiger partial charge in [0.25, 0.3) is 10.1 Å². The molecule has 2 bridgehead atoms. The van der Waals surface area contributed by atoms with Crippen LogP contribution in [0.25, 0.3) is 0 Å². The van der Waals surface area contributed by atoms with Crippen molar-refractivity contribution in [1.29, 1.82) is 0 Å². The third kappa shape index (κ3) is 8.87. The van der Waals surface area contributed by atoms with Crippen molar-refractivity contribution in [3.05, 3.63) is 82.9 Å². The molecule has 4 fully saturated rings. The quantitative estimate of drug-likeness (QED) is 0.0544. The monoisotopic (exact) mass is 929 g/mol. The topological polar surface area (TPSA) is 266 Å². The number of carbonyl (C=O) groups is 5. The Balaban J connectivity index is 1.19. The number of fused-ring (bicyclic) bond motifs is 5. The van der Waals surface area contributed by atoms with Crippen LogP contribution in [-0.2, 0) is 67.2 Å². The van der Waals surface area contributed by atoms with E-state index in [0.29, 0.717) is 11.1 Å². The summed E-state index contributed by atoms with van der Waals surface area (Å²) in [6.07, 6.45) is -9.01. The fourth-order valence-corrected chi connectivity index (χ4v) is 10.6. The van der Waals surface area contributed by atoms with E-state index in [2.05, 4.69) is 5.32 Å². The Labute approximate surface area is 375 Å². The molecule has 2 aromatic carbocycles. The second-order valence-corrected chi connectivity index (χ2v) is 19.1. The molecule has 3 aliphatic heterocycles. The SMILES string of the molecule is CC(=O)O[C@@]12COC1C[C@H](O)[C@@]1(C)C(=O)[C@@H]3OC4(C)C3=C(C)[C@@H](OC(=O)[C@H](OC(=O)COCCOCCNCS(=O)(=O)O)[C@@H](C)c3ccccc3)C[C@@]4(O)[C@@H](OC(=O)c3ccccc3)[C@@H]12. The number of hydrogen-bond donors (Lipinski definition) is 4. The number of benzene rings is 2. The molecule has 0 amide bonds. The zero-order valence-corrected chi connectivity index (χ0v) is 37.4. The van der Waals surface area contributed by atoms with Gasteiger partial charge in [-0.2, -0.15) is 8.42 Å². The number of hydrogen-bond acceptors (Lipinski definition) is 18. The van der Waals surface area contributed by atoms with Crippen LogP contribution < -0.4 is 5.32 Å². The van der Waals surface area contributed by atoms with Gasteiger partial charge < -0.3 is 48.1 Å². The lowest BCUT2D eigenvalue weighted by molar-refractivity contribution is -0.364. The summed E-state index contributed by atoms with van der Waals surface area (Å²) >= 11 is 0. The van der Waals surface area contributed by atoms with E-state index in [0.717, 1.165) is 0 Å². The van der Waals surface area contributed by atoms with Crippen molar-refractivity contribution in [1.82, 2.24) is 5.32 Å². The first-order valence-corrected chi connectivity index (χ1v) is 23.0. The fourth-order valence-electron chi connectivity index (χ4n) is 10.2. The number of aliphatic hydroxyl groups is 2. The number of carbonyl (C=O) groups excluding carboxylic acids is 5. The van der Waals surface area contributed by atoms with Gasteiger partial charge in [-0.1, -0.05) is 55.5 Å². The molecule has 12 atom stereocenters. The normalized spacial score (nSPS) is 33.3. The van der Waals surface area contributed by atoms with E-state index in [1.54, 1.807) is 69.3 Å². The van der Waals surface area contributed by atoms with E-state index in [1.807, 2.05) is 0 Å². The standard InChI is InChI=1S/C45H55NO18S/c1-25(28-12-8-6-9-13-28)35(61-33(49)22-58-19-18-57-17-16-46-24-65(54,55)56)41(52)60-30-21-45(53)39(62-40(51)29-14-10-7-11-15-29)37-42(4,38(50)36-34(26(30)2)43(45,5)64-36)31(48)20-32-44(37,23-59-32)63-27(3)47/h6-15,25,30-32,35-37,39,46,48,53H,16-24H2,1-5H3,(H,54,55,56)/t25-,30-,31-,32?,35+,36+,37-,39-,42+,43?,44-,45+/m0/s1. The number of nitrogens with one attached hydrogen (secondary N) is 1. The van der Waals surface area contributed by atoms with E-state index in [9.17, 15) is 37.8 Å². The molecular formula is C45H55NO18S. The van der Waals surface area contributed by atoms with Crippen LogP contribution in [0.15, 0.2) is 71.8 Å². The number of aliphatic hydroxyl groups excluding tert-OH is 1. The van der Waals surface area contributed by atoms with E-state index >= 15 is 4.79 Å². The van der Waals surface area contributed by atoms with Crippen molar-refractivity contribution in [2.75, 3.05) is 45.5 Å². The summed E-state index contributed by atoms with van der Waals surface area (Å²) in [6, 6.07) is 16.6. The van der Waals surface area contributed by atoms with Gasteiger partial charge in [0.1, 0.15) is 48.1 Å². The Morgan fingerprint density at radius 3 is 2.26 bits per heavy atom. The maximum absolute atomic E-state index is 15.1. The number of esters is 4. The largest absolute Gasteiger partial charge is 0.455 e. The molecule has 19 nitrogen and oxygen atoms in total. The first-order chi connectivity index (χ1) is 30.7. The molecule has 3 heterocycles. The van der Waals surface area contributed by atoms with Crippen LogP contribution in [0.4, 0.5) is 0 Å². The van der Waals surface area contributed by atoms with Gasteiger partial charge in [0.15, 0.2) is 11.4 Å². The van der Waals surface area contributed by atoms with E-state index in [-0.39, 0.29) is 50.5 Å². The predicted octanol–water partition coefficient (Wildman–Crippen LogP) is 1.59. The first-order valence-electron chi connectivity index (χ1n) is 21.3. The number of ether oxygens (including phenoxy) is 8. The van der Waals surface area contributed by atoms with Gasteiger partial charge in [-0.25, -0.2) is 14.4 Å². The molecule has 1 saturated carbocycles. The molecule has 4 N–H and O–H groups in total. The van der Waals surface area contributed by atoms with Gasteiger partial charge in [-0.15, -0.1) is 0 Å². The second kappa shape index (κ2) is 18.6. The third-order valence-corrected chi connectivity index (χ3v) is 14.2. The zero-order valence-electron chi connectivity index (χ0n) is 36.6. The lowest BCUT2D eigenvalue weighted by atomic mass is 9.45. The first kappa shape index (κ1) is 48.3. The van der Waals surface area contributed by atoms with Crippen molar-refractivity contribution in [2.24, 2.45) is 11.3 Å². The van der Waals surface area contributed by atoms with Crippen LogP contribution >= 0.6 is 0 Å². The molecule has 5 aliphatic rings. The van der Waals surface area contributed by atoms with E-state index in [4.69, 9.17) is 42.4 Å². The van der Waals surface area contributed by atoms with Crippen LogP contribution in [0, 0.1) is 11.3 Å². The smallest absolute Gasteiger partial charge is 0.348 e. The molecule has 65 heavy (non-hydrogen) atoms. The second-order valence-electron chi connectivity index (χ2n) is 17.6. The van der Waals surface area contributed by atoms with Gasteiger partial charge in [0, 0.05) is 37.8 Å². The average Bonchev–Trinajstić information content (AvgIpc) is 3.25. The Bertz CT molecular complexity index is 2290. The van der Waals surface area contributed by atoms with Gasteiger partial charge in [-0.05, 0) is 44.0 Å². The minimum Gasteiger partial charge on any atom is -0.455 e. The summed E-state index contributed by atoms with van der Waals surface area (Å²) in [6.45, 7) is 6.81. The minimum absolute atomic E-state index is 0.0215. The number of Topliss-reactive ketones (excluding diaryl/α,β-unsaturated/α-hetero) is 1. The van der Waals surface area contributed by atoms with E-state index < -0.39 is 129 Å². The Morgan fingerprint density at radius 2 is 1.63 bits per heavy atom. The van der Waals surface area contributed by atoms with Crippen LogP contribution in [0.5, 0.6) is 0 Å². The summed E-state index contributed by atoms with van der Waals surface area (Å²) in [5.74, 6) is -7.02. The van der Waals surface area contributed by atoms with Crippen molar-refractivity contribution < 1.29 is 85.1 Å². The molecule has 354 valence electrons. The zero-order chi connectivity index (χ0) is 47.1. The van der Waals surface area contributed by atoms with Gasteiger partial charge in [-0.3, -0.25) is 19.5 Å². The lowest BCUT2D eigenvalue weighted by Crippen LogP contribution is -2.86. The van der Waals surface area contributed by atoms with Crippen molar-refractivity contribution in [2.45, 2.75) is 107 Å². The highest BCUT2D eigenvalue weighted by Crippen LogP contribution is 2.66. The molecule has 7 rings (SSSR count). The molecule has 2 unspecified atom stereocenters. The predicted molar refractivity (Wildman–Crippen MR) is 223 cm³/mol. The minimum atomic E-state index is -4.18. The summed E-state index contributed by atoms with van der Waals surface area (Å²) in [7, 11) is -4.18. The van der Waals surface area contributed by atoms with Gasteiger partial charge >= 0.3 is 23.9 Å². The summed E-state index contributed by atoms with van der Waals surface area (Å²) in [5.41, 5.74) is -6.27. The molecule has 0 aromatic heterocycles. The van der Waals surface area contributed by atoms with Gasteiger partial charge in [0.2, 0.25) is 6.10 Å². The summed E-state index contributed by atoms with van der Waals surface area (Å²) < 4.78 is 77.8. The molecule has 2 aliphatic carbocycles. The van der Waals surface area contributed by atoms with Crippen LogP contribution in [0.2, 0.25) is 0 Å². The summed E-state index contributed by atoms with van der Waals surface area (Å²) in [4.78, 5) is 69.9. The molecule has 0 radical (unpaired) electrons. The molecule has 20 heteroatoms. The molecule has 2 aromatic rings. The Kier molecular flexibility index (Phi) is 13.8. The van der Waals surface area contributed by atoms with Crippen LogP contribution in [0.1, 0.15) is 69.3 Å². The fraction of sp³-hybridized carbons (Fsp3) is 0.578. The summed E-state index contributed by atoms with van der Waals surface area (Å²) in [5, 5.41) is 27.9. The maximum atomic E-state index is 15.1. The Hall–Kier alpha value is -4.64. The lowest BCUT2D eigenvalue weighted by Gasteiger charge is -2.70. The number of rotatable bonds is 18. The average molecular weight is 930 g/mol.